The molecule has 0 saturated carbocycles. The molecule has 1 unspecified atom stereocenters. The SMILES string of the molecule is O=C1N(c2ccc(Br)cc2)CCC12Cc1ccc(F)cc1C2. The number of hydrogen-bond acceptors (Lipinski definition) is 1. The molecule has 22 heavy (non-hydrogen) atoms. The second kappa shape index (κ2) is 4.92. The molecule has 2 nitrogen and oxygen atoms in total. The van der Waals surface area contributed by atoms with Crippen molar-refractivity contribution in [3.63, 3.8) is 0 Å². The minimum Gasteiger partial charge on any atom is -0.312 e. The van der Waals surface area contributed by atoms with Gasteiger partial charge >= 0.3 is 0 Å². The number of amides is 1. The van der Waals surface area contributed by atoms with Crippen molar-refractivity contribution in [1.29, 1.82) is 0 Å². The van der Waals surface area contributed by atoms with Crippen molar-refractivity contribution in [2.45, 2.75) is 19.3 Å². The maximum absolute atomic E-state index is 13.4. The molecule has 2 aromatic rings. The Labute approximate surface area is 137 Å². The molecule has 1 aliphatic carbocycles. The highest BCUT2D eigenvalue weighted by Gasteiger charge is 2.50. The molecule has 1 spiro atoms. The van der Waals surface area contributed by atoms with E-state index in [1.54, 1.807) is 6.07 Å². The Balaban J connectivity index is 1.64. The number of anilines is 1. The molecule has 4 rings (SSSR count). The summed E-state index contributed by atoms with van der Waals surface area (Å²) in [5.74, 6) is -0.0440. The van der Waals surface area contributed by atoms with Crippen molar-refractivity contribution in [3.8, 4) is 0 Å². The number of halogens is 2. The van der Waals surface area contributed by atoms with Gasteiger partial charge in [-0.3, -0.25) is 4.79 Å². The third kappa shape index (κ3) is 2.09. The summed E-state index contributed by atoms with van der Waals surface area (Å²) >= 11 is 3.42. The van der Waals surface area contributed by atoms with Gasteiger partial charge in [-0.1, -0.05) is 22.0 Å². The quantitative estimate of drug-likeness (QED) is 0.750. The normalized spacial score (nSPS) is 23.4. The standard InChI is InChI=1S/C18H15BrFNO/c19-14-2-5-16(6-3-14)21-8-7-18(17(21)22)10-12-1-4-15(20)9-13(12)11-18/h1-6,9H,7-8,10-11H2. The summed E-state index contributed by atoms with van der Waals surface area (Å²) in [4.78, 5) is 14.9. The van der Waals surface area contributed by atoms with Gasteiger partial charge in [0.25, 0.3) is 0 Å². The predicted octanol–water partition coefficient (Wildman–Crippen LogP) is 4.11. The molecule has 1 heterocycles. The minimum absolute atomic E-state index is 0.173. The van der Waals surface area contributed by atoms with E-state index in [4.69, 9.17) is 0 Å². The van der Waals surface area contributed by atoms with Crippen LogP contribution in [0.25, 0.3) is 0 Å². The zero-order valence-corrected chi connectivity index (χ0v) is 13.6. The lowest BCUT2D eigenvalue weighted by atomic mass is 9.83. The zero-order valence-electron chi connectivity index (χ0n) is 12.0. The molecule has 2 aromatic carbocycles. The maximum atomic E-state index is 13.4. The van der Waals surface area contributed by atoms with Crippen LogP contribution in [0.15, 0.2) is 46.9 Å². The summed E-state index contributed by atoms with van der Waals surface area (Å²) in [6.45, 7) is 0.733. The van der Waals surface area contributed by atoms with Gasteiger partial charge in [0.05, 0.1) is 5.41 Å². The number of carbonyl (C=O) groups excluding carboxylic acids is 1. The molecular formula is C18H15BrFNO. The molecule has 0 N–H and O–H groups in total. The lowest BCUT2D eigenvalue weighted by molar-refractivity contribution is -0.125. The van der Waals surface area contributed by atoms with Gasteiger partial charge < -0.3 is 4.90 Å². The fraction of sp³-hybridized carbons (Fsp3) is 0.278. The summed E-state index contributed by atoms with van der Waals surface area (Å²) in [6, 6.07) is 12.7. The molecule has 0 aromatic heterocycles. The molecule has 1 atom stereocenters. The summed E-state index contributed by atoms with van der Waals surface area (Å²) in [5.41, 5.74) is 2.68. The van der Waals surface area contributed by atoms with Crippen LogP contribution in [0, 0.1) is 11.2 Å². The first-order chi connectivity index (χ1) is 10.6. The highest BCUT2D eigenvalue weighted by atomic mass is 79.9. The van der Waals surface area contributed by atoms with Gasteiger partial charge in [0, 0.05) is 16.7 Å². The second-order valence-electron chi connectivity index (χ2n) is 6.23. The average Bonchev–Trinajstić information content (AvgIpc) is 3.01. The van der Waals surface area contributed by atoms with Crippen LogP contribution in [0.1, 0.15) is 17.5 Å². The molecule has 1 fully saturated rings. The molecular weight excluding hydrogens is 345 g/mol. The summed E-state index contributed by atoms with van der Waals surface area (Å²) in [6.07, 6.45) is 2.22. The highest BCUT2D eigenvalue weighted by Crippen LogP contribution is 2.46. The number of hydrogen-bond donors (Lipinski definition) is 0. The van der Waals surface area contributed by atoms with Gasteiger partial charge in [0.15, 0.2) is 0 Å². The third-order valence-electron chi connectivity index (χ3n) is 4.88. The Kier molecular flexibility index (Phi) is 3.12. The number of nitrogens with zero attached hydrogens (tertiary/aromatic N) is 1. The Hall–Kier alpha value is -1.68. The number of carbonyl (C=O) groups is 1. The van der Waals surface area contributed by atoms with Crippen molar-refractivity contribution in [3.05, 3.63) is 63.9 Å². The highest BCUT2D eigenvalue weighted by molar-refractivity contribution is 9.10. The molecule has 1 saturated heterocycles. The van der Waals surface area contributed by atoms with Gasteiger partial charge in [-0.15, -0.1) is 0 Å². The summed E-state index contributed by atoms with van der Waals surface area (Å²) in [7, 11) is 0. The van der Waals surface area contributed by atoms with E-state index in [0.29, 0.717) is 6.42 Å². The van der Waals surface area contributed by atoms with Crippen LogP contribution in [-0.4, -0.2) is 12.5 Å². The third-order valence-corrected chi connectivity index (χ3v) is 5.41. The van der Waals surface area contributed by atoms with Crippen molar-refractivity contribution < 1.29 is 9.18 Å². The van der Waals surface area contributed by atoms with Crippen LogP contribution in [0.5, 0.6) is 0 Å². The van der Waals surface area contributed by atoms with Crippen LogP contribution in [0.2, 0.25) is 0 Å². The summed E-state index contributed by atoms with van der Waals surface area (Å²) < 4.78 is 14.4. The molecule has 0 bridgehead atoms. The molecule has 112 valence electrons. The van der Waals surface area contributed by atoms with Crippen molar-refractivity contribution >= 4 is 27.5 Å². The second-order valence-corrected chi connectivity index (χ2v) is 7.15. The molecule has 2 aliphatic rings. The van der Waals surface area contributed by atoms with E-state index in [9.17, 15) is 9.18 Å². The maximum Gasteiger partial charge on any atom is 0.233 e. The minimum atomic E-state index is -0.372. The van der Waals surface area contributed by atoms with Crippen LogP contribution >= 0.6 is 15.9 Å². The average molecular weight is 360 g/mol. The fourth-order valence-corrected chi connectivity index (χ4v) is 4.00. The van der Waals surface area contributed by atoms with Crippen LogP contribution < -0.4 is 4.90 Å². The van der Waals surface area contributed by atoms with Gasteiger partial charge in [0.1, 0.15) is 5.82 Å². The molecule has 4 heteroatoms. The predicted molar refractivity (Wildman–Crippen MR) is 87.4 cm³/mol. The topological polar surface area (TPSA) is 20.3 Å². The van der Waals surface area contributed by atoms with E-state index in [2.05, 4.69) is 15.9 Å². The Bertz CT molecular complexity index is 758. The Morgan fingerprint density at radius 3 is 2.55 bits per heavy atom. The van der Waals surface area contributed by atoms with Gasteiger partial charge in [-0.25, -0.2) is 4.39 Å². The number of rotatable bonds is 1. The lowest BCUT2D eigenvalue weighted by Crippen LogP contribution is -2.35. The van der Waals surface area contributed by atoms with E-state index in [1.807, 2.05) is 35.2 Å². The van der Waals surface area contributed by atoms with E-state index in [-0.39, 0.29) is 17.1 Å². The Morgan fingerprint density at radius 2 is 1.77 bits per heavy atom. The number of benzene rings is 2. The largest absolute Gasteiger partial charge is 0.312 e. The van der Waals surface area contributed by atoms with E-state index in [0.717, 1.165) is 40.7 Å². The molecule has 0 radical (unpaired) electrons. The zero-order chi connectivity index (χ0) is 15.3. The number of fused-ring (bicyclic) bond motifs is 1. The Morgan fingerprint density at radius 1 is 1.05 bits per heavy atom. The van der Waals surface area contributed by atoms with Crippen molar-refractivity contribution in [1.82, 2.24) is 0 Å². The van der Waals surface area contributed by atoms with E-state index >= 15 is 0 Å². The van der Waals surface area contributed by atoms with Crippen LogP contribution in [0.4, 0.5) is 10.1 Å². The van der Waals surface area contributed by atoms with E-state index < -0.39 is 0 Å². The van der Waals surface area contributed by atoms with Gasteiger partial charge in [0.2, 0.25) is 5.91 Å². The van der Waals surface area contributed by atoms with Crippen molar-refractivity contribution in [2.75, 3.05) is 11.4 Å². The van der Waals surface area contributed by atoms with Crippen molar-refractivity contribution in [2.24, 2.45) is 5.41 Å². The smallest absolute Gasteiger partial charge is 0.233 e. The van der Waals surface area contributed by atoms with Crippen LogP contribution in [0.3, 0.4) is 0 Å². The molecule has 1 amide bonds. The molecule has 1 aliphatic heterocycles. The van der Waals surface area contributed by atoms with Gasteiger partial charge in [-0.05, 0) is 66.8 Å². The van der Waals surface area contributed by atoms with Gasteiger partial charge in [-0.2, -0.15) is 0 Å². The van der Waals surface area contributed by atoms with Crippen LogP contribution in [-0.2, 0) is 17.6 Å². The monoisotopic (exact) mass is 359 g/mol. The fourth-order valence-electron chi connectivity index (χ4n) is 3.74. The summed E-state index contributed by atoms with van der Waals surface area (Å²) in [5, 5.41) is 0. The first-order valence-electron chi connectivity index (χ1n) is 7.42. The lowest BCUT2D eigenvalue weighted by Gasteiger charge is -2.22. The first kappa shape index (κ1) is 13.9. The van der Waals surface area contributed by atoms with E-state index in [1.165, 1.54) is 6.07 Å². The first-order valence-corrected chi connectivity index (χ1v) is 8.22.